The number of rotatable bonds is 4. The lowest BCUT2D eigenvalue weighted by atomic mass is 9.91. The number of aryl methyl sites for hydroxylation is 1. The van der Waals surface area contributed by atoms with Gasteiger partial charge in [-0.3, -0.25) is 0 Å². The van der Waals surface area contributed by atoms with Crippen molar-refractivity contribution < 1.29 is 0 Å². The first-order chi connectivity index (χ1) is 9.93. The Morgan fingerprint density at radius 2 is 2.05 bits per heavy atom. The molecule has 1 aliphatic rings. The highest BCUT2D eigenvalue weighted by molar-refractivity contribution is 7.15. The topological polar surface area (TPSA) is 24.9 Å². The molecule has 3 rings (SSSR count). The van der Waals surface area contributed by atoms with Crippen LogP contribution in [0.5, 0.6) is 0 Å². The average molecular weight is 300 g/mol. The first-order valence-corrected chi connectivity index (χ1v) is 8.56. The predicted octanol–water partition coefficient (Wildman–Crippen LogP) is 4.67. The van der Waals surface area contributed by atoms with Crippen molar-refractivity contribution in [2.45, 2.75) is 58.5 Å². The fraction of sp³-hybridized carbons (Fsp3) is 0.500. The summed E-state index contributed by atoms with van der Waals surface area (Å²) in [5.74, 6) is 0. The van der Waals surface area contributed by atoms with Gasteiger partial charge in [0.15, 0.2) is 0 Å². The second-order valence-electron chi connectivity index (χ2n) is 7.07. The van der Waals surface area contributed by atoms with E-state index in [0.29, 0.717) is 0 Å². The molecule has 0 radical (unpaired) electrons. The van der Waals surface area contributed by atoms with Crippen LogP contribution < -0.4 is 5.32 Å². The molecule has 0 saturated heterocycles. The van der Waals surface area contributed by atoms with Gasteiger partial charge in [0.1, 0.15) is 5.01 Å². The van der Waals surface area contributed by atoms with Crippen molar-refractivity contribution in [3.8, 4) is 10.6 Å². The van der Waals surface area contributed by atoms with Crippen molar-refractivity contribution in [3.63, 3.8) is 0 Å². The summed E-state index contributed by atoms with van der Waals surface area (Å²) in [5.41, 5.74) is 3.87. The smallest absolute Gasteiger partial charge is 0.123 e. The highest BCUT2D eigenvalue weighted by Gasteiger charge is 2.26. The molecule has 0 bridgehead atoms. The molecule has 3 heteroatoms. The first kappa shape index (κ1) is 14.7. The fourth-order valence-corrected chi connectivity index (χ4v) is 3.70. The SMILES string of the molecule is Cc1cccc(-c2nc(C(C)(C)C)c(CNC3CC3)s2)c1. The zero-order chi connectivity index (χ0) is 15.0. The summed E-state index contributed by atoms with van der Waals surface area (Å²) in [4.78, 5) is 6.36. The van der Waals surface area contributed by atoms with E-state index in [4.69, 9.17) is 4.98 Å². The molecule has 0 aliphatic heterocycles. The van der Waals surface area contributed by atoms with Crippen LogP contribution in [0, 0.1) is 6.92 Å². The Morgan fingerprint density at radius 1 is 1.29 bits per heavy atom. The summed E-state index contributed by atoms with van der Waals surface area (Å²) in [6.45, 7) is 9.85. The Kier molecular flexibility index (Phi) is 3.89. The van der Waals surface area contributed by atoms with Crippen molar-refractivity contribution in [1.82, 2.24) is 10.3 Å². The van der Waals surface area contributed by atoms with Gasteiger partial charge in [-0.15, -0.1) is 11.3 Å². The Bertz CT molecular complexity index is 633. The summed E-state index contributed by atoms with van der Waals surface area (Å²) in [6.07, 6.45) is 2.66. The van der Waals surface area contributed by atoms with Crippen molar-refractivity contribution in [2.24, 2.45) is 0 Å². The number of hydrogen-bond acceptors (Lipinski definition) is 3. The minimum absolute atomic E-state index is 0.0964. The fourth-order valence-electron chi connectivity index (χ4n) is 2.48. The van der Waals surface area contributed by atoms with Gasteiger partial charge >= 0.3 is 0 Å². The van der Waals surface area contributed by atoms with Crippen LogP contribution in [-0.2, 0) is 12.0 Å². The number of aromatic nitrogens is 1. The van der Waals surface area contributed by atoms with Crippen LogP contribution in [0.3, 0.4) is 0 Å². The highest BCUT2D eigenvalue weighted by atomic mass is 32.1. The van der Waals surface area contributed by atoms with E-state index in [2.05, 4.69) is 57.3 Å². The molecular weight excluding hydrogens is 276 g/mol. The number of hydrogen-bond donors (Lipinski definition) is 1. The largest absolute Gasteiger partial charge is 0.309 e. The van der Waals surface area contributed by atoms with Gasteiger partial charge in [0, 0.05) is 28.4 Å². The number of thiazole rings is 1. The molecule has 1 saturated carbocycles. The standard InChI is InChI=1S/C18H24N2S/c1-12-6-5-7-13(10-12)17-20-16(18(2,3)4)15(21-17)11-19-14-8-9-14/h5-7,10,14,19H,8-9,11H2,1-4H3. The third kappa shape index (κ3) is 3.53. The average Bonchev–Trinajstić information content (AvgIpc) is 3.13. The van der Waals surface area contributed by atoms with Crippen molar-refractivity contribution >= 4 is 11.3 Å². The molecule has 0 amide bonds. The molecule has 112 valence electrons. The van der Waals surface area contributed by atoms with E-state index in [-0.39, 0.29) is 5.41 Å². The van der Waals surface area contributed by atoms with Gasteiger partial charge in [0.25, 0.3) is 0 Å². The molecule has 1 aliphatic carbocycles. The lowest BCUT2D eigenvalue weighted by Gasteiger charge is -2.17. The van der Waals surface area contributed by atoms with Crippen molar-refractivity contribution in [3.05, 3.63) is 40.4 Å². The van der Waals surface area contributed by atoms with E-state index in [0.717, 1.165) is 17.6 Å². The van der Waals surface area contributed by atoms with Crippen LogP contribution >= 0.6 is 11.3 Å². The molecule has 0 atom stereocenters. The molecular formula is C18H24N2S. The molecule has 2 aromatic rings. The van der Waals surface area contributed by atoms with E-state index in [9.17, 15) is 0 Å². The molecule has 1 heterocycles. The van der Waals surface area contributed by atoms with Crippen LogP contribution in [0.2, 0.25) is 0 Å². The van der Waals surface area contributed by atoms with Crippen LogP contribution in [0.25, 0.3) is 10.6 Å². The number of benzene rings is 1. The van der Waals surface area contributed by atoms with E-state index >= 15 is 0 Å². The van der Waals surface area contributed by atoms with Gasteiger partial charge in [-0.1, -0.05) is 44.5 Å². The third-order valence-corrected chi connectivity index (χ3v) is 4.91. The van der Waals surface area contributed by atoms with Crippen LogP contribution in [-0.4, -0.2) is 11.0 Å². The summed E-state index contributed by atoms with van der Waals surface area (Å²) >= 11 is 1.84. The van der Waals surface area contributed by atoms with Gasteiger partial charge in [-0.25, -0.2) is 4.98 Å². The molecule has 1 N–H and O–H groups in total. The summed E-state index contributed by atoms with van der Waals surface area (Å²) in [6, 6.07) is 9.38. The lowest BCUT2D eigenvalue weighted by Crippen LogP contribution is -2.19. The minimum Gasteiger partial charge on any atom is -0.309 e. The molecule has 1 aromatic heterocycles. The molecule has 1 fully saturated rings. The van der Waals surface area contributed by atoms with Gasteiger partial charge in [-0.05, 0) is 25.8 Å². The second-order valence-corrected chi connectivity index (χ2v) is 8.15. The Balaban J connectivity index is 1.94. The van der Waals surface area contributed by atoms with E-state index in [1.807, 2.05) is 11.3 Å². The normalized spacial score (nSPS) is 15.4. The van der Waals surface area contributed by atoms with Crippen LogP contribution in [0.1, 0.15) is 49.7 Å². The maximum atomic E-state index is 4.97. The van der Waals surface area contributed by atoms with Crippen LogP contribution in [0.4, 0.5) is 0 Å². The second kappa shape index (κ2) is 5.54. The van der Waals surface area contributed by atoms with Gasteiger partial charge in [0.2, 0.25) is 0 Å². The lowest BCUT2D eigenvalue weighted by molar-refractivity contribution is 0.559. The maximum Gasteiger partial charge on any atom is 0.123 e. The predicted molar refractivity (Wildman–Crippen MR) is 90.8 cm³/mol. The van der Waals surface area contributed by atoms with Crippen molar-refractivity contribution in [2.75, 3.05) is 0 Å². The minimum atomic E-state index is 0.0964. The Morgan fingerprint density at radius 3 is 2.67 bits per heavy atom. The molecule has 21 heavy (non-hydrogen) atoms. The Labute approximate surface area is 131 Å². The van der Waals surface area contributed by atoms with Gasteiger partial charge in [0.05, 0.1) is 5.69 Å². The maximum absolute atomic E-state index is 4.97. The molecule has 0 unspecified atom stereocenters. The van der Waals surface area contributed by atoms with E-state index < -0.39 is 0 Å². The number of nitrogens with one attached hydrogen (secondary N) is 1. The summed E-state index contributed by atoms with van der Waals surface area (Å²) < 4.78 is 0. The van der Waals surface area contributed by atoms with Crippen molar-refractivity contribution in [1.29, 1.82) is 0 Å². The zero-order valence-electron chi connectivity index (χ0n) is 13.4. The quantitative estimate of drug-likeness (QED) is 0.887. The molecule has 1 aromatic carbocycles. The zero-order valence-corrected chi connectivity index (χ0v) is 14.2. The summed E-state index contributed by atoms with van der Waals surface area (Å²) in [5, 5.41) is 4.78. The highest BCUT2D eigenvalue weighted by Crippen LogP contribution is 2.35. The Hall–Kier alpha value is -1.19. The molecule has 2 nitrogen and oxygen atoms in total. The van der Waals surface area contributed by atoms with Gasteiger partial charge in [-0.2, -0.15) is 0 Å². The monoisotopic (exact) mass is 300 g/mol. The van der Waals surface area contributed by atoms with E-state index in [1.54, 1.807) is 0 Å². The van der Waals surface area contributed by atoms with Crippen LogP contribution in [0.15, 0.2) is 24.3 Å². The molecule has 0 spiro atoms. The summed E-state index contributed by atoms with van der Waals surface area (Å²) in [7, 11) is 0. The van der Waals surface area contributed by atoms with E-state index in [1.165, 1.54) is 34.5 Å². The third-order valence-electron chi connectivity index (χ3n) is 3.80. The first-order valence-electron chi connectivity index (χ1n) is 7.74. The van der Waals surface area contributed by atoms with Gasteiger partial charge < -0.3 is 5.32 Å². The number of nitrogens with zero attached hydrogens (tertiary/aromatic N) is 1.